The fourth-order valence-corrected chi connectivity index (χ4v) is 7.15. The third-order valence-corrected chi connectivity index (χ3v) is 9.71. The highest BCUT2D eigenvalue weighted by molar-refractivity contribution is 6.34. The van der Waals surface area contributed by atoms with Gasteiger partial charge in [0.2, 0.25) is 5.95 Å². The van der Waals surface area contributed by atoms with Crippen LogP contribution >= 0.6 is 11.6 Å². The Kier molecular flexibility index (Phi) is 7.95. The second kappa shape index (κ2) is 11.9. The van der Waals surface area contributed by atoms with Crippen molar-refractivity contribution in [2.45, 2.75) is 30.8 Å². The van der Waals surface area contributed by atoms with Crippen LogP contribution in [-0.2, 0) is 11.0 Å². The molecular formula is C31H31ClF3N10O4+. The first-order valence-electron chi connectivity index (χ1n) is 15.4. The molecule has 2 saturated heterocycles. The van der Waals surface area contributed by atoms with Gasteiger partial charge in [-0.15, -0.1) is 0 Å². The van der Waals surface area contributed by atoms with E-state index in [1.54, 1.807) is 0 Å². The Morgan fingerprint density at radius 3 is 2.43 bits per heavy atom. The summed E-state index contributed by atoms with van der Waals surface area (Å²) >= 11 is 6.41. The number of nitrogens with zero attached hydrogens (tertiary/aromatic N) is 7. The molecule has 4 aromatic rings. The fourth-order valence-electron chi connectivity index (χ4n) is 6.88. The topological polar surface area (TPSA) is 171 Å². The van der Waals surface area contributed by atoms with Gasteiger partial charge in [0.05, 0.1) is 42.1 Å². The van der Waals surface area contributed by atoms with Crippen LogP contribution in [0.2, 0.25) is 5.02 Å². The van der Waals surface area contributed by atoms with Crippen LogP contribution in [0.1, 0.15) is 33.1 Å². The maximum Gasteiger partial charge on any atom is 0.435 e. The number of amides is 3. The predicted octanol–water partition coefficient (Wildman–Crippen LogP) is 2.37. The van der Waals surface area contributed by atoms with E-state index in [0.29, 0.717) is 30.5 Å². The number of piperidine rings is 1. The molecule has 3 aromatic heterocycles. The molecule has 5 atom stereocenters. The van der Waals surface area contributed by atoms with Crippen LogP contribution in [0.5, 0.6) is 0 Å². The van der Waals surface area contributed by atoms with Crippen molar-refractivity contribution < 1.29 is 37.1 Å². The molecule has 49 heavy (non-hydrogen) atoms. The smallest absolute Gasteiger partial charge is 0.387 e. The van der Waals surface area contributed by atoms with Gasteiger partial charge in [-0.1, -0.05) is 11.6 Å². The molecule has 3 amide bonds. The van der Waals surface area contributed by atoms with Crippen LogP contribution in [0, 0.1) is 11.8 Å². The van der Waals surface area contributed by atoms with Crippen molar-refractivity contribution in [1.29, 1.82) is 0 Å². The van der Waals surface area contributed by atoms with Gasteiger partial charge >= 0.3 is 6.18 Å². The molecule has 1 saturated carbocycles. The molecule has 5 heterocycles. The molecule has 7 rings (SSSR count). The number of carbonyl (C=O) groups excluding carboxylic acids is 3. The van der Waals surface area contributed by atoms with Crippen molar-refractivity contribution >= 4 is 35.0 Å². The van der Waals surface area contributed by atoms with E-state index in [1.807, 2.05) is 19.0 Å². The van der Waals surface area contributed by atoms with Gasteiger partial charge in [0.15, 0.2) is 17.6 Å². The molecular weight excluding hydrogens is 669 g/mol. The number of imidazole rings is 1. The molecule has 256 valence electrons. The highest BCUT2D eigenvalue weighted by Crippen LogP contribution is 2.46. The highest BCUT2D eigenvalue weighted by atomic mass is 35.5. The lowest BCUT2D eigenvalue weighted by molar-refractivity contribution is -0.894. The molecule has 4 N–H and O–H groups in total. The zero-order valence-electron chi connectivity index (χ0n) is 26.1. The molecule has 0 spiro atoms. The monoisotopic (exact) mass is 699 g/mol. The van der Waals surface area contributed by atoms with E-state index in [2.05, 4.69) is 35.7 Å². The number of fused-ring (bicyclic) bond motifs is 1. The Bertz CT molecular complexity index is 1940. The second-order valence-corrected chi connectivity index (χ2v) is 13.5. The number of nitrogens with one attached hydrogen (secondary N) is 3. The van der Waals surface area contributed by atoms with E-state index in [9.17, 15) is 32.7 Å². The number of aromatic amines is 1. The number of anilines is 1. The Morgan fingerprint density at radius 1 is 1.08 bits per heavy atom. The van der Waals surface area contributed by atoms with Gasteiger partial charge < -0.3 is 30.1 Å². The van der Waals surface area contributed by atoms with Crippen LogP contribution < -0.4 is 10.6 Å². The second-order valence-electron chi connectivity index (χ2n) is 13.1. The summed E-state index contributed by atoms with van der Waals surface area (Å²) in [6, 6.07) is 5.44. The maximum atomic E-state index is 13.8. The fraction of sp³-hybridized carbons (Fsp3) is 0.387. The van der Waals surface area contributed by atoms with Crippen molar-refractivity contribution in [1.82, 2.24) is 39.9 Å². The average Bonchev–Trinajstić information content (AvgIpc) is 3.62. The minimum Gasteiger partial charge on any atom is -0.387 e. The SMILES string of the molecule is C[N+]1(C)C[C@H](O)C[C@H]1C(=O)N1C[C@@H]2C(NC(=O)c3ccc(NC(=O)c4ncc(-c5cn(-c6ncccn6)nc5C(F)(F)F)[nH]4)cc3Cl)[C@@H]2C1. The average molecular weight is 700 g/mol. The Balaban J connectivity index is 0.967. The first kappa shape index (κ1) is 32.7. The van der Waals surface area contributed by atoms with Gasteiger partial charge in [-0.2, -0.15) is 18.3 Å². The number of rotatable bonds is 7. The van der Waals surface area contributed by atoms with Crippen LogP contribution in [-0.4, -0.2) is 114 Å². The number of hydrogen-bond donors (Lipinski definition) is 4. The number of halogens is 4. The number of aliphatic hydroxyl groups excluding tert-OH is 1. The maximum absolute atomic E-state index is 13.8. The molecule has 2 aliphatic heterocycles. The van der Waals surface area contributed by atoms with Crippen molar-refractivity contribution in [3.63, 3.8) is 0 Å². The van der Waals surface area contributed by atoms with Crippen LogP contribution in [0.25, 0.3) is 17.2 Å². The third-order valence-electron chi connectivity index (χ3n) is 9.40. The van der Waals surface area contributed by atoms with Crippen LogP contribution in [0.3, 0.4) is 0 Å². The van der Waals surface area contributed by atoms with Crippen molar-refractivity contribution in [2.75, 3.05) is 39.0 Å². The summed E-state index contributed by atoms with van der Waals surface area (Å²) < 4.78 is 42.8. The van der Waals surface area contributed by atoms with E-state index in [-0.39, 0.29) is 69.1 Å². The zero-order valence-corrected chi connectivity index (χ0v) is 26.9. The van der Waals surface area contributed by atoms with Crippen LogP contribution in [0.4, 0.5) is 18.9 Å². The van der Waals surface area contributed by atoms with Gasteiger partial charge in [0, 0.05) is 61.7 Å². The quantitative estimate of drug-likeness (QED) is 0.213. The summed E-state index contributed by atoms with van der Waals surface area (Å²) in [6.07, 6.45) is 0.0222. The number of quaternary nitrogens is 1. The molecule has 1 unspecified atom stereocenters. The van der Waals surface area contributed by atoms with E-state index in [1.165, 1.54) is 36.7 Å². The molecule has 14 nitrogen and oxygen atoms in total. The van der Waals surface area contributed by atoms with Gasteiger partial charge in [0.25, 0.3) is 17.7 Å². The minimum atomic E-state index is -4.82. The number of benzene rings is 1. The van der Waals surface area contributed by atoms with Crippen molar-refractivity contribution in [3.8, 4) is 17.2 Å². The lowest BCUT2D eigenvalue weighted by Crippen LogP contribution is -2.53. The van der Waals surface area contributed by atoms with Crippen LogP contribution in [0.15, 0.2) is 49.1 Å². The van der Waals surface area contributed by atoms with Gasteiger partial charge in [-0.25, -0.2) is 19.6 Å². The summed E-state index contributed by atoms with van der Waals surface area (Å²) in [7, 11) is 3.89. The number of likely N-dealkylation sites (tertiary alicyclic amines) is 2. The lowest BCUT2D eigenvalue weighted by Gasteiger charge is -2.33. The molecule has 1 aromatic carbocycles. The van der Waals surface area contributed by atoms with Gasteiger partial charge in [-0.05, 0) is 24.3 Å². The number of aliphatic hydroxyl groups is 1. The standard InChI is InChI=1S/C31H30ClF3N10O4/c1-45(2)14-16(46)9-23(45)29(49)43-11-18-19(12-43)24(18)41-27(47)17-5-4-15(8-21(17)32)39-28(48)26-38-10-22(40-26)20-13-44(30-36-6-3-7-37-30)42-25(20)31(33,34)35/h3-8,10,13,16,18-19,23-24,46H,9,11-12,14H2,1-2H3,(H2-,38,39,40,41,47,48)/p+1/t16-,18-,19+,23+,24?/m1/s1. The number of aromatic nitrogens is 6. The Labute approximate surface area is 281 Å². The third kappa shape index (κ3) is 6.24. The first-order chi connectivity index (χ1) is 23.2. The Morgan fingerprint density at radius 2 is 1.80 bits per heavy atom. The minimum absolute atomic E-state index is 0.0330. The normalized spacial score (nSPS) is 24.1. The number of likely N-dealkylation sites (N-methyl/N-ethyl adjacent to an activating group) is 1. The molecule has 0 bridgehead atoms. The lowest BCUT2D eigenvalue weighted by atomic mass is 10.1. The van der Waals surface area contributed by atoms with Gasteiger partial charge in [0.1, 0.15) is 12.6 Å². The summed E-state index contributed by atoms with van der Waals surface area (Å²) in [4.78, 5) is 55.4. The van der Waals surface area contributed by atoms with Crippen molar-refractivity contribution in [2.24, 2.45) is 11.8 Å². The predicted molar refractivity (Wildman–Crippen MR) is 167 cm³/mol. The van der Waals surface area contributed by atoms with E-state index in [0.717, 1.165) is 17.1 Å². The van der Waals surface area contributed by atoms with Crippen molar-refractivity contribution in [3.05, 3.63) is 71.2 Å². The number of alkyl halides is 3. The zero-order chi connectivity index (χ0) is 34.8. The molecule has 0 radical (unpaired) electrons. The number of H-pyrrole nitrogens is 1. The largest absolute Gasteiger partial charge is 0.435 e. The molecule has 18 heteroatoms. The summed E-state index contributed by atoms with van der Waals surface area (Å²) in [5.41, 5.74) is -1.27. The molecule has 3 aliphatic rings. The van der Waals surface area contributed by atoms with Gasteiger partial charge in [-0.3, -0.25) is 14.4 Å². The first-order valence-corrected chi connectivity index (χ1v) is 15.8. The highest BCUT2D eigenvalue weighted by Gasteiger charge is 2.59. The molecule has 1 aliphatic carbocycles. The van der Waals surface area contributed by atoms with E-state index >= 15 is 0 Å². The Hall–Kier alpha value is -4.87. The summed E-state index contributed by atoms with van der Waals surface area (Å²) in [6.45, 7) is 1.61. The van der Waals surface area contributed by atoms with E-state index < -0.39 is 29.8 Å². The number of hydrogen-bond acceptors (Lipinski definition) is 8. The molecule has 3 fully saturated rings. The summed E-state index contributed by atoms with van der Waals surface area (Å²) in [5, 5.41) is 19.3. The number of carbonyl (C=O) groups is 3. The summed E-state index contributed by atoms with van der Waals surface area (Å²) in [5.74, 6) is -1.19. The van der Waals surface area contributed by atoms with E-state index in [4.69, 9.17) is 11.6 Å².